The molecule has 0 aliphatic rings. The van der Waals surface area contributed by atoms with E-state index < -0.39 is 0 Å². The smallest absolute Gasteiger partial charge is 0.332 e. The summed E-state index contributed by atoms with van der Waals surface area (Å²) in [4.78, 5) is 11.0. The molecule has 0 unspecified atom stereocenters. The van der Waals surface area contributed by atoms with Gasteiger partial charge in [0.05, 0.1) is 13.2 Å². The van der Waals surface area contributed by atoms with Crippen molar-refractivity contribution in [1.29, 1.82) is 0 Å². The number of ether oxygens (including phenoxy) is 2. The topological polar surface area (TPSA) is 47.6 Å². The highest BCUT2D eigenvalue weighted by atomic mass is 127. The lowest BCUT2D eigenvalue weighted by molar-refractivity contribution is -0.148. The van der Waals surface area contributed by atoms with Crippen LogP contribution in [0.25, 0.3) is 0 Å². The van der Waals surface area contributed by atoms with Crippen molar-refractivity contribution in [2.75, 3.05) is 31.7 Å². The van der Waals surface area contributed by atoms with Gasteiger partial charge in [0.2, 0.25) is 0 Å². The highest BCUT2D eigenvalue weighted by Crippen LogP contribution is 2.21. The first kappa shape index (κ1) is 15.5. The lowest BCUT2D eigenvalue weighted by atomic mass is 10.3. The van der Waals surface area contributed by atoms with Crippen LogP contribution < -0.4 is 5.32 Å². The molecule has 0 saturated heterocycles. The highest BCUT2D eigenvalue weighted by molar-refractivity contribution is 14.1. The van der Waals surface area contributed by atoms with Crippen LogP contribution in [0.4, 0.5) is 5.69 Å². The number of carbonyl (C=O) groups excluding carboxylic acids is 1. The van der Waals surface area contributed by atoms with Crippen molar-refractivity contribution in [2.45, 2.75) is 6.92 Å². The molecular weight excluding hydrogens is 368 g/mol. The van der Waals surface area contributed by atoms with Crippen LogP contribution in [-0.4, -0.2) is 32.3 Å². The fraction of sp³-hybridized carbons (Fsp3) is 0.417. The van der Waals surface area contributed by atoms with Crippen molar-refractivity contribution in [1.82, 2.24) is 0 Å². The molecule has 0 saturated carbocycles. The zero-order valence-electron chi connectivity index (χ0n) is 10.0. The summed E-state index contributed by atoms with van der Waals surface area (Å²) < 4.78 is 11.0. The molecule has 1 aromatic carbocycles. The van der Waals surface area contributed by atoms with Gasteiger partial charge in [0, 0.05) is 20.8 Å². The van der Waals surface area contributed by atoms with Crippen LogP contribution in [0.15, 0.2) is 18.2 Å². The van der Waals surface area contributed by atoms with Crippen LogP contribution in [0.5, 0.6) is 0 Å². The molecule has 1 aromatic rings. The minimum absolute atomic E-state index is 0.00672. The maximum absolute atomic E-state index is 11.0. The average Bonchev–Trinajstić information content (AvgIpc) is 2.31. The first-order valence-corrected chi connectivity index (χ1v) is 7.01. The summed E-state index contributed by atoms with van der Waals surface area (Å²) in [7, 11) is 0. The zero-order chi connectivity index (χ0) is 13.4. The van der Waals surface area contributed by atoms with E-state index in [9.17, 15) is 4.79 Å². The second-order valence-electron chi connectivity index (χ2n) is 3.41. The minimum atomic E-state index is -0.335. The van der Waals surface area contributed by atoms with Gasteiger partial charge in [-0.1, -0.05) is 11.6 Å². The van der Waals surface area contributed by atoms with E-state index in [1.165, 1.54) is 0 Å². The van der Waals surface area contributed by atoms with Crippen molar-refractivity contribution in [2.24, 2.45) is 0 Å². The molecule has 0 atom stereocenters. The Labute approximate surface area is 125 Å². The van der Waals surface area contributed by atoms with Crippen LogP contribution in [0.2, 0.25) is 5.02 Å². The van der Waals surface area contributed by atoms with E-state index in [2.05, 4.69) is 27.9 Å². The predicted octanol–water partition coefficient (Wildman–Crippen LogP) is 2.94. The third-order valence-electron chi connectivity index (χ3n) is 2.02. The molecule has 0 amide bonds. The Kier molecular flexibility index (Phi) is 7.38. The molecule has 0 fully saturated rings. The Morgan fingerprint density at radius 3 is 2.94 bits per heavy atom. The van der Waals surface area contributed by atoms with E-state index >= 15 is 0 Å². The Bertz CT molecular complexity index is 401. The van der Waals surface area contributed by atoms with Gasteiger partial charge in [-0.25, -0.2) is 4.79 Å². The third-order valence-corrected chi connectivity index (χ3v) is 3.15. The number of rotatable bonds is 7. The van der Waals surface area contributed by atoms with Crippen molar-refractivity contribution in [3.05, 3.63) is 26.8 Å². The van der Waals surface area contributed by atoms with Gasteiger partial charge < -0.3 is 14.8 Å². The van der Waals surface area contributed by atoms with Crippen LogP contribution in [0.3, 0.4) is 0 Å². The number of hydrogen-bond acceptors (Lipinski definition) is 4. The fourth-order valence-corrected chi connectivity index (χ4v) is 2.31. The molecule has 0 bridgehead atoms. The number of carbonyl (C=O) groups is 1. The summed E-state index contributed by atoms with van der Waals surface area (Å²) in [6.07, 6.45) is 0. The Morgan fingerprint density at radius 2 is 2.28 bits per heavy atom. The number of hydrogen-bond donors (Lipinski definition) is 1. The van der Waals surface area contributed by atoms with Gasteiger partial charge in [0.25, 0.3) is 0 Å². The van der Waals surface area contributed by atoms with E-state index in [0.717, 1.165) is 9.26 Å². The summed E-state index contributed by atoms with van der Waals surface area (Å²) in [5.74, 6) is -0.335. The van der Waals surface area contributed by atoms with Crippen molar-refractivity contribution >= 4 is 45.8 Å². The van der Waals surface area contributed by atoms with E-state index in [1.54, 1.807) is 6.92 Å². The monoisotopic (exact) mass is 383 g/mol. The second-order valence-corrected chi connectivity index (χ2v) is 5.01. The zero-order valence-corrected chi connectivity index (χ0v) is 13.0. The van der Waals surface area contributed by atoms with Gasteiger partial charge in [0.15, 0.2) is 0 Å². The van der Waals surface area contributed by atoms with Gasteiger partial charge in [-0.2, -0.15) is 0 Å². The van der Waals surface area contributed by atoms with Gasteiger partial charge in [-0.15, -0.1) is 0 Å². The van der Waals surface area contributed by atoms with Gasteiger partial charge in [-0.3, -0.25) is 0 Å². The molecule has 6 heteroatoms. The predicted molar refractivity (Wildman–Crippen MR) is 80.1 cm³/mol. The number of halogens is 2. The van der Waals surface area contributed by atoms with Crippen LogP contribution in [0, 0.1) is 3.57 Å². The molecule has 0 aliphatic heterocycles. The molecule has 100 valence electrons. The number of anilines is 1. The molecular formula is C12H15ClINO3. The molecule has 0 aromatic heterocycles. The Morgan fingerprint density at radius 1 is 1.50 bits per heavy atom. The normalized spacial score (nSPS) is 10.2. The number of nitrogens with one attached hydrogen (secondary N) is 1. The van der Waals surface area contributed by atoms with Crippen LogP contribution >= 0.6 is 34.2 Å². The third kappa shape index (κ3) is 5.88. The maximum Gasteiger partial charge on any atom is 0.332 e. The standard InChI is InChI=1S/C12H15ClINO3/c1-2-18-12(16)8-17-6-5-15-11-4-3-9(13)7-10(11)14/h3-4,7,15H,2,5-6,8H2,1H3. The van der Waals surface area contributed by atoms with Crippen molar-refractivity contribution < 1.29 is 14.3 Å². The molecule has 1 rings (SSSR count). The molecule has 18 heavy (non-hydrogen) atoms. The van der Waals surface area contributed by atoms with Crippen molar-refractivity contribution in [3.8, 4) is 0 Å². The first-order chi connectivity index (χ1) is 8.63. The lowest BCUT2D eigenvalue weighted by Crippen LogP contribution is -2.16. The van der Waals surface area contributed by atoms with E-state index in [1.807, 2.05) is 18.2 Å². The summed E-state index contributed by atoms with van der Waals surface area (Å²) in [6.45, 7) is 3.20. The summed E-state index contributed by atoms with van der Waals surface area (Å²) in [6, 6.07) is 5.62. The van der Waals surface area contributed by atoms with Crippen molar-refractivity contribution in [3.63, 3.8) is 0 Å². The average molecular weight is 384 g/mol. The van der Waals surface area contributed by atoms with Gasteiger partial charge in [-0.05, 0) is 47.7 Å². The van der Waals surface area contributed by atoms with E-state index in [0.29, 0.717) is 24.8 Å². The highest BCUT2D eigenvalue weighted by Gasteiger charge is 2.02. The number of esters is 1. The molecule has 4 nitrogen and oxygen atoms in total. The number of benzene rings is 1. The molecule has 1 N–H and O–H groups in total. The Balaban J connectivity index is 2.20. The Hall–Kier alpha value is -0.530. The van der Waals surface area contributed by atoms with Crippen LogP contribution in [0.1, 0.15) is 6.92 Å². The maximum atomic E-state index is 11.0. The lowest BCUT2D eigenvalue weighted by Gasteiger charge is -2.09. The largest absolute Gasteiger partial charge is 0.464 e. The fourth-order valence-electron chi connectivity index (χ4n) is 1.25. The van der Waals surface area contributed by atoms with Gasteiger partial charge >= 0.3 is 5.97 Å². The summed E-state index contributed by atoms with van der Waals surface area (Å²) in [5.41, 5.74) is 1.000. The quantitative estimate of drug-likeness (QED) is 0.447. The van der Waals surface area contributed by atoms with Crippen LogP contribution in [-0.2, 0) is 14.3 Å². The molecule has 0 radical (unpaired) electrons. The van der Waals surface area contributed by atoms with E-state index in [4.69, 9.17) is 21.1 Å². The summed E-state index contributed by atoms with van der Waals surface area (Å²) >= 11 is 8.06. The first-order valence-electron chi connectivity index (χ1n) is 5.55. The molecule has 0 aliphatic carbocycles. The molecule has 0 spiro atoms. The molecule has 0 heterocycles. The summed E-state index contributed by atoms with van der Waals surface area (Å²) in [5, 5.41) is 3.91. The van der Waals surface area contributed by atoms with E-state index in [-0.39, 0.29) is 12.6 Å². The van der Waals surface area contributed by atoms with Gasteiger partial charge in [0.1, 0.15) is 6.61 Å². The minimum Gasteiger partial charge on any atom is -0.464 e. The second kappa shape index (κ2) is 8.55. The SMILES string of the molecule is CCOC(=O)COCCNc1ccc(Cl)cc1I.